The number of hydrogen-bond donors (Lipinski definition) is 3. The smallest absolute Gasteiger partial charge is 0.488 e. The van der Waals surface area contributed by atoms with E-state index in [-0.39, 0.29) is 17.9 Å². The first-order valence-electron chi connectivity index (χ1n) is 16.6. The fourth-order valence-electron chi connectivity index (χ4n) is 6.52. The minimum absolute atomic E-state index is 0.123. The number of alkyl carbamates (subject to hydrolysis) is 1. The number of aromatic nitrogens is 2. The van der Waals surface area contributed by atoms with Crippen molar-refractivity contribution < 1.29 is 28.4 Å². The van der Waals surface area contributed by atoms with E-state index in [1.54, 1.807) is 0 Å². The summed E-state index contributed by atoms with van der Waals surface area (Å²) in [5.41, 5.74) is 5.13. The maximum atomic E-state index is 13.4. The molecule has 11 heteroatoms. The number of hydrogen-bond acceptors (Lipinski definition) is 7. The Labute approximate surface area is 275 Å². The van der Waals surface area contributed by atoms with Gasteiger partial charge in [-0.1, -0.05) is 51.0 Å². The lowest BCUT2D eigenvalue weighted by Gasteiger charge is -2.32. The van der Waals surface area contributed by atoms with Crippen molar-refractivity contribution in [3.05, 3.63) is 53.9 Å². The number of fused-ring (bicyclic) bond motifs is 6. The molecule has 10 nitrogen and oxygen atoms in total. The monoisotopic (exact) mass is 638 g/mol. The van der Waals surface area contributed by atoms with E-state index < -0.39 is 30.5 Å². The first-order chi connectivity index (χ1) is 22.3. The highest BCUT2D eigenvalue weighted by molar-refractivity contribution is 6.62. The third-order valence-corrected chi connectivity index (χ3v) is 10.2. The van der Waals surface area contributed by atoms with Crippen LogP contribution in [-0.2, 0) is 25.4 Å². The second-order valence-corrected chi connectivity index (χ2v) is 14.5. The van der Waals surface area contributed by atoms with E-state index >= 15 is 0 Å². The summed E-state index contributed by atoms with van der Waals surface area (Å²) in [5.74, 6) is 1.66. The van der Waals surface area contributed by atoms with Crippen LogP contribution in [-0.4, -0.2) is 53.4 Å². The molecule has 3 aromatic carbocycles. The fourth-order valence-corrected chi connectivity index (χ4v) is 6.52. The van der Waals surface area contributed by atoms with Gasteiger partial charge in [-0.2, -0.15) is 0 Å². The summed E-state index contributed by atoms with van der Waals surface area (Å²) >= 11 is 0. The Kier molecular flexibility index (Phi) is 7.75. The number of carbonyl (C=O) groups excluding carboxylic acids is 2. The summed E-state index contributed by atoms with van der Waals surface area (Å²) in [7, 11) is 0.860. The van der Waals surface area contributed by atoms with Gasteiger partial charge >= 0.3 is 13.2 Å². The predicted molar refractivity (Wildman–Crippen MR) is 181 cm³/mol. The van der Waals surface area contributed by atoms with E-state index in [9.17, 15) is 9.59 Å². The number of H-pyrrole nitrogens is 1. The summed E-state index contributed by atoms with van der Waals surface area (Å²) < 4.78 is 23.7. The number of carbonyl (C=O) groups is 2. The quantitative estimate of drug-likeness (QED) is 0.205. The number of ether oxygens (including phenoxy) is 2. The minimum atomic E-state index is -0.728. The molecule has 3 N–H and O–H groups in total. The van der Waals surface area contributed by atoms with Crippen LogP contribution in [0.5, 0.6) is 5.75 Å². The lowest BCUT2D eigenvalue weighted by atomic mass is 9.77. The van der Waals surface area contributed by atoms with Crippen molar-refractivity contribution in [3.8, 4) is 16.9 Å². The van der Waals surface area contributed by atoms with E-state index in [2.05, 4.69) is 79.7 Å². The lowest BCUT2D eigenvalue weighted by Crippen LogP contribution is -2.50. The van der Waals surface area contributed by atoms with Gasteiger partial charge in [-0.05, 0) is 86.1 Å². The second kappa shape index (κ2) is 11.6. The molecule has 3 aliphatic rings. The molecule has 2 amide bonds. The van der Waals surface area contributed by atoms with Gasteiger partial charge in [-0.25, -0.2) is 9.78 Å². The van der Waals surface area contributed by atoms with E-state index in [1.165, 1.54) is 7.11 Å². The molecule has 4 aromatic rings. The molecular formula is C36H43BN4O6. The predicted octanol–water partition coefficient (Wildman–Crippen LogP) is 5.91. The van der Waals surface area contributed by atoms with Gasteiger partial charge in [0, 0.05) is 10.9 Å². The number of imidazole rings is 1. The number of rotatable bonds is 8. The van der Waals surface area contributed by atoms with Gasteiger partial charge in [0.15, 0.2) is 0 Å². The molecule has 1 aliphatic carbocycles. The number of methoxy groups -OCH3 is 1. The second-order valence-electron chi connectivity index (χ2n) is 14.5. The first kappa shape index (κ1) is 31.5. The van der Waals surface area contributed by atoms with Crippen LogP contribution in [0.1, 0.15) is 78.2 Å². The van der Waals surface area contributed by atoms with Gasteiger partial charge in [0.05, 0.1) is 35.4 Å². The molecule has 246 valence electrons. The molecule has 2 atom stereocenters. The Bertz CT molecular complexity index is 1860. The maximum Gasteiger partial charge on any atom is 0.494 e. The number of nitrogens with one attached hydrogen (secondary N) is 3. The zero-order valence-electron chi connectivity index (χ0n) is 28.2. The van der Waals surface area contributed by atoms with Gasteiger partial charge in [-0.3, -0.25) is 4.79 Å². The Morgan fingerprint density at radius 3 is 2.45 bits per heavy atom. The van der Waals surface area contributed by atoms with Crippen molar-refractivity contribution in [2.45, 2.75) is 90.7 Å². The van der Waals surface area contributed by atoms with Crippen LogP contribution >= 0.6 is 0 Å². The first-order valence-corrected chi connectivity index (χ1v) is 16.6. The molecule has 1 unspecified atom stereocenters. The molecule has 1 saturated heterocycles. The molecular weight excluding hydrogens is 595 g/mol. The topological polar surface area (TPSA) is 124 Å². The van der Waals surface area contributed by atoms with Crippen LogP contribution in [0.2, 0.25) is 0 Å². The average molecular weight is 639 g/mol. The van der Waals surface area contributed by atoms with Gasteiger partial charge < -0.3 is 34.4 Å². The van der Waals surface area contributed by atoms with Crippen LogP contribution in [0, 0.1) is 11.8 Å². The Morgan fingerprint density at radius 1 is 1.02 bits per heavy atom. The van der Waals surface area contributed by atoms with Crippen LogP contribution < -0.4 is 20.8 Å². The van der Waals surface area contributed by atoms with Gasteiger partial charge in [0.2, 0.25) is 5.91 Å². The highest BCUT2D eigenvalue weighted by Crippen LogP contribution is 2.43. The third-order valence-electron chi connectivity index (χ3n) is 10.2. The summed E-state index contributed by atoms with van der Waals surface area (Å²) in [6, 6.07) is 13.7. The van der Waals surface area contributed by atoms with E-state index in [0.717, 1.165) is 69.0 Å². The van der Waals surface area contributed by atoms with Crippen LogP contribution in [0.3, 0.4) is 0 Å². The number of amides is 2. The van der Waals surface area contributed by atoms with Crippen LogP contribution in [0.25, 0.3) is 32.9 Å². The molecule has 3 heterocycles. The van der Waals surface area contributed by atoms with Gasteiger partial charge in [-0.15, -0.1) is 0 Å². The molecule has 1 aromatic heterocycles. The molecule has 7 rings (SSSR count). The highest BCUT2D eigenvalue weighted by atomic mass is 16.7. The minimum Gasteiger partial charge on any atom is -0.488 e. The number of nitrogens with zero attached hydrogens (tertiary/aromatic N) is 1. The average Bonchev–Trinajstić information content (AvgIpc) is 3.68. The SMILES string of the molecule is COC(=O)N[C@H](C(=O)NC(CC1CC1)c1nc2c(ccc3cc4c(cc32)OCc2cc(B3OC(C)(C)C(C)(C)O3)ccc2-4)[nH]1)C(C)C. The van der Waals surface area contributed by atoms with Crippen LogP contribution in [0.15, 0.2) is 42.5 Å². The van der Waals surface area contributed by atoms with Crippen molar-refractivity contribution in [1.29, 1.82) is 0 Å². The summed E-state index contributed by atoms with van der Waals surface area (Å²) in [5, 5.41) is 7.87. The highest BCUT2D eigenvalue weighted by Gasteiger charge is 2.51. The summed E-state index contributed by atoms with van der Waals surface area (Å²) in [6.45, 7) is 12.5. The van der Waals surface area contributed by atoms with E-state index in [0.29, 0.717) is 18.3 Å². The molecule has 2 aliphatic heterocycles. The van der Waals surface area contributed by atoms with Crippen LogP contribution in [0.4, 0.5) is 4.79 Å². The number of benzene rings is 3. The zero-order chi connectivity index (χ0) is 33.2. The van der Waals surface area contributed by atoms with E-state index in [1.807, 2.05) is 19.9 Å². The lowest BCUT2D eigenvalue weighted by molar-refractivity contribution is -0.125. The third kappa shape index (κ3) is 5.84. The molecule has 2 fully saturated rings. The largest absolute Gasteiger partial charge is 0.494 e. The summed E-state index contributed by atoms with van der Waals surface area (Å²) in [4.78, 5) is 33.9. The van der Waals surface area contributed by atoms with Gasteiger partial charge in [0.1, 0.15) is 24.2 Å². The number of aromatic amines is 1. The fraction of sp³-hybridized carbons (Fsp3) is 0.472. The van der Waals surface area contributed by atoms with Crippen molar-refractivity contribution in [3.63, 3.8) is 0 Å². The Balaban J connectivity index is 1.19. The summed E-state index contributed by atoms with van der Waals surface area (Å²) in [6.07, 6.45) is 2.40. The zero-order valence-corrected chi connectivity index (χ0v) is 28.2. The molecule has 0 spiro atoms. The normalized spacial score (nSPS) is 19.2. The van der Waals surface area contributed by atoms with E-state index in [4.69, 9.17) is 23.8 Å². The maximum absolute atomic E-state index is 13.4. The van der Waals surface area contributed by atoms with Gasteiger partial charge in [0.25, 0.3) is 0 Å². The van der Waals surface area contributed by atoms with Crippen molar-refractivity contribution >= 4 is 46.4 Å². The molecule has 0 bridgehead atoms. The standard InChI is InChI=1S/C36H43BN4O6/c1-19(2)30(41-34(43)44-7)33(42)39-28(14-20-8-9-20)32-38-27-13-10-21-16-26-24-12-11-23(37-46-35(3,4)36(5,6)47-37)15-22(24)18-45-29(26)17-25(21)31(27)40-32/h10-13,15-17,19-20,28,30H,8-9,14,18H2,1-7H3,(H,38,40)(H,39,42)(H,41,43)/t28?,30-/m0/s1. The van der Waals surface area contributed by atoms with Crippen molar-refractivity contribution in [2.75, 3.05) is 7.11 Å². The van der Waals surface area contributed by atoms with Crippen molar-refractivity contribution in [1.82, 2.24) is 20.6 Å². The Hall–Kier alpha value is -4.09. The molecule has 47 heavy (non-hydrogen) atoms. The molecule has 1 saturated carbocycles. The van der Waals surface area contributed by atoms with Crippen molar-refractivity contribution in [2.24, 2.45) is 11.8 Å². The molecule has 0 radical (unpaired) electrons. The Morgan fingerprint density at radius 2 is 1.77 bits per heavy atom.